The summed E-state index contributed by atoms with van der Waals surface area (Å²) in [6.45, 7) is 0.313. The lowest BCUT2D eigenvalue weighted by atomic mass is 10.3. The summed E-state index contributed by atoms with van der Waals surface area (Å²) in [5.74, 6) is -0.367. The van der Waals surface area contributed by atoms with Crippen LogP contribution in [0, 0.1) is 0 Å². The van der Waals surface area contributed by atoms with Crippen molar-refractivity contribution >= 4 is 23.0 Å². The van der Waals surface area contributed by atoms with E-state index in [1.807, 2.05) is 18.2 Å². The van der Waals surface area contributed by atoms with Crippen LogP contribution in [0.5, 0.6) is 0 Å². The number of rotatable bonds is 4. The van der Waals surface area contributed by atoms with Gasteiger partial charge in [0.05, 0.1) is 12.3 Å². The van der Waals surface area contributed by atoms with Crippen LogP contribution < -0.4 is 5.73 Å². The molecule has 0 aliphatic carbocycles. The molecule has 0 saturated heterocycles. The van der Waals surface area contributed by atoms with Crippen LogP contribution in [0.1, 0.15) is 15.4 Å². The number of aromatic nitrogens is 1. The topological polar surface area (TPSA) is 65.2 Å². The van der Waals surface area contributed by atoms with Crippen molar-refractivity contribution in [2.24, 2.45) is 0 Å². The summed E-state index contributed by atoms with van der Waals surface area (Å²) < 4.78 is 5.12. The van der Waals surface area contributed by atoms with E-state index in [-0.39, 0.29) is 5.97 Å². The fourth-order valence-corrected chi connectivity index (χ4v) is 2.05. The highest BCUT2D eigenvalue weighted by atomic mass is 32.1. The van der Waals surface area contributed by atoms with Crippen LogP contribution >= 0.6 is 11.3 Å². The van der Waals surface area contributed by atoms with Crippen LogP contribution in [0.2, 0.25) is 0 Å². The van der Waals surface area contributed by atoms with E-state index in [0.717, 1.165) is 5.69 Å². The van der Waals surface area contributed by atoms with Crippen molar-refractivity contribution in [3.8, 4) is 0 Å². The number of carbonyl (C=O) groups is 1. The van der Waals surface area contributed by atoms with Crippen LogP contribution in [0.25, 0.3) is 0 Å². The maximum Gasteiger partial charge on any atom is 0.350 e. The Labute approximate surface area is 103 Å². The number of thiophene rings is 1. The highest BCUT2D eigenvalue weighted by Crippen LogP contribution is 2.19. The molecule has 0 aromatic carbocycles. The molecule has 2 N–H and O–H groups in total. The Morgan fingerprint density at radius 2 is 2.29 bits per heavy atom. The number of nitrogen functional groups attached to an aromatic ring is 1. The summed E-state index contributed by atoms with van der Waals surface area (Å²) in [6.07, 6.45) is 2.33. The summed E-state index contributed by atoms with van der Waals surface area (Å²) in [4.78, 5) is 16.2. The van der Waals surface area contributed by atoms with E-state index in [1.165, 1.54) is 11.3 Å². The minimum absolute atomic E-state index is 0.313. The van der Waals surface area contributed by atoms with Gasteiger partial charge < -0.3 is 10.5 Å². The number of hydrogen-bond acceptors (Lipinski definition) is 5. The third-order valence-corrected chi connectivity index (χ3v) is 3.11. The van der Waals surface area contributed by atoms with Gasteiger partial charge in [-0.15, -0.1) is 11.3 Å². The second kappa shape index (κ2) is 5.45. The minimum atomic E-state index is -0.367. The van der Waals surface area contributed by atoms with Gasteiger partial charge >= 0.3 is 5.97 Å². The standard InChI is InChI=1S/C12H12N2O2S/c13-10-5-8-17-11(10)12(15)16-7-4-9-3-1-2-6-14-9/h1-3,5-6,8H,4,7,13H2. The lowest BCUT2D eigenvalue weighted by Gasteiger charge is -2.03. The number of nitrogens with zero attached hydrogens (tertiary/aromatic N) is 1. The summed E-state index contributed by atoms with van der Waals surface area (Å²) in [7, 11) is 0. The summed E-state index contributed by atoms with van der Waals surface area (Å²) in [5, 5.41) is 1.77. The van der Waals surface area contributed by atoms with Crippen molar-refractivity contribution < 1.29 is 9.53 Å². The van der Waals surface area contributed by atoms with Gasteiger partial charge in [0.25, 0.3) is 0 Å². The van der Waals surface area contributed by atoms with Gasteiger partial charge in [0, 0.05) is 18.3 Å². The van der Waals surface area contributed by atoms with Crippen LogP contribution in [-0.2, 0) is 11.2 Å². The first-order valence-corrected chi connectivity index (χ1v) is 6.05. The molecule has 0 spiro atoms. The molecule has 0 aliphatic rings. The fraction of sp³-hybridized carbons (Fsp3) is 0.167. The van der Waals surface area contributed by atoms with Gasteiger partial charge in [-0.1, -0.05) is 6.07 Å². The van der Waals surface area contributed by atoms with E-state index in [9.17, 15) is 4.79 Å². The van der Waals surface area contributed by atoms with Crippen LogP contribution in [0.4, 0.5) is 5.69 Å². The number of nitrogens with two attached hydrogens (primary N) is 1. The first-order valence-electron chi connectivity index (χ1n) is 5.17. The molecular formula is C12H12N2O2S. The predicted octanol–water partition coefficient (Wildman–Crippen LogP) is 2.12. The molecule has 0 atom stereocenters. The van der Waals surface area contributed by atoms with E-state index in [1.54, 1.807) is 17.6 Å². The fourth-order valence-electron chi connectivity index (χ4n) is 1.34. The summed E-state index contributed by atoms with van der Waals surface area (Å²) in [5.41, 5.74) is 6.99. The smallest absolute Gasteiger partial charge is 0.350 e. The predicted molar refractivity (Wildman–Crippen MR) is 67.0 cm³/mol. The highest BCUT2D eigenvalue weighted by Gasteiger charge is 2.12. The van der Waals surface area contributed by atoms with Gasteiger partial charge in [-0.25, -0.2) is 4.79 Å². The number of anilines is 1. The molecule has 88 valence electrons. The first-order chi connectivity index (χ1) is 8.27. The van der Waals surface area contributed by atoms with Gasteiger partial charge in [0.1, 0.15) is 4.88 Å². The molecule has 0 fully saturated rings. The van der Waals surface area contributed by atoms with Crippen molar-refractivity contribution in [1.29, 1.82) is 0 Å². The third-order valence-electron chi connectivity index (χ3n) is 2.20. The zero-order valence-corrected chi connectivity index (χ0v) is 9.94. The molecule has 2 aromatic rings. The number of pyridine rings is 1. The number of ether oxygens (including phenoxy) is 1. The number of hydrogen-bond donors (Lipinski definition) is 1. The Morgan fingerprint density at radius 1 is 1.41 bits per heavy atom. The van der Waals surface area contributed by atoms with Gasteiger partial charge in [0.2, 0.25) is 0 Å². The minimum Gasteiger partial charge on any atom is -0.461 e. The zero-order valence-electron chi connectivity index (χ0n) is 9.13. The van der Waals surface area contributed by atoms with Gasteiger partial charge in [0.15, 0.2) is 0 Å². The Morgan fingerprint density at radius 3 is 2.94 bits per heavy atom. The first kappa shape index (κ1) is 11.6. The van der Waals surface area contributed by atoms with Crippen molar-refractivity contribution in [3.05, 3.63) is 46.4 Å². The molecule has 5 heteroatoms. The molecule has 2 aromatic heterocycles. The van der Waals surface area contributed by atoms with Crippen molar-refractivity contribution in [2.75, 3.05) is 12.3 Å². The average molecular weight is 248 g/mol. The average Bonchev–Trinajstić information content (AvgIpc) is 2.77. The number of carbonyl (C=O) groups excluding carboxylic acids is 1. The number of esters is 1. The molecule has 4 nitrogen and oxygen atoms in total. The summed E-state index contributed by atoms with van der Waals surface area (Å²) >= 11 is 1.29. The maximum atomic E-state index is 11.6. The molecule has 2 rings (SSSR count). The maximum absolute atomic E-state index is 11.6. The molecular weight excluding hydrogens is 236 g/mol. The van der Waals surface area contributed by atoms with E-state index in [0.29, 0.717) is 23.6 Å². The normalized spacial score (nSPS) is 10.1. The Kier molecular flexibility index (Phi) is 3.72. The molecule has 2 heterocycles. The van der Waals surface area contributed by atoms with E-state index >= 15 is 0 Å². The van der Waals surface area contributed by atoms with Gasteiger partial charge in [-0.05, 0) is 23.6 Å². The van der Waals surface area contributed by atoms with Crippen LogP contribution in [0.15, 0.2) is 35.8 Å². The quantitative estimate of drug-likeness (QED) is 0.842. The molecule has 0 radical (unpaired) electrons. The van der Waals surface area contributed by atoms with Crippen LogP contribution in [0.3, 0.4) is 0 Å². The van der Waals surface area contributed by atoms with Gasteiger partial charge in [-0.3, -0.25) is 4.98 Å². The molecule has 17 heavy (non-hydrogen) atoms. The van der Waals surface area contributed by atoms with Crippen molar-refractivity contribution in [2.45, 2.75) is 6.42 Å². The van der Waals surface area contributed by atoms with E-state index in [4.69, 9.17) is 10.5 Å². The zero-order chi connectivity index (χ0) is 12.1. The Bertz CT molecular complexity index is 496. The van der Waals surface area contributed by atoms with Crippen LogP contribution in [-0.4, -0.2) is 17.6 Å². The largest absolute Gasteiger partial charge is 0.461 e. The Hall–Kier alpha value is -1.88. The van der Waals surface area contributed by atoms with Crippen molar-refractivity contribution in [1.82, 2.24) is 4.98 Å². The summed E-state index contributed by atoms with van der Waals surface area (Å²) in [6, 6.07) is 7.34. The molecule has 0 aliphatic heterocycles. The lowest BCUT2D eigenvalue weighted by Crippen LogP contribution is -2.08. The third kappa shape index (κ3) is 3.04. The molecule has 0 amide bonds. The van der Waals surface area contributed by atoms with E-state index in [2.05, 4.69) is 4.98 Å². The Balaban J connectivity index is 1.84. The van der Waals surface area contributed by atoms with Gasteiger partial charge in [-0.2, -0.15) is 0 Å². The molecule has 0 unspecified atom stereocenters. The monoisotopic (exact) mass is 248 g/mol. The van der Waals surface area contributed by atoms with Crippen molar-refractivity contribution in [3.63, 3.8) is 0 Å². The second-order valence-electron chi connectivity index (χ2n) is 3.41. The lowest BCUT2D eigenvalue weighted by molar-refractivity contribution is 0.0515. The SMILES string of the molecule is Nc1ccsc1C(=O)OCCc1ccccn1. The second-order valence-corrected chi connectivity index (χ2v) is 4.33. The molecule has 0 bridgehead atoms. The van der Waals surface area contributed by atoms with E-state index < -0.39 is 0 Å². The highest BCUT2D eigenvalue weighted by molar-refractivity contribution is 7.12. The molecule has 0 saturated carbocycles.